The molecule has 138 valence electrons. The molecule has 0 saturated heterocycles. The number of benzene rings is 2. The van der Waals surface area contributed by atoms with E-state index in [0.717, 1.165) is 0 Å². The molecule has 0 heterocycles. The average molecular weight is 396 g/mol. The molecule has 0 aliphatic carbocycles. The first-order chi connectivity index (χ1) is 12.5. The fraction of sp³-hybridized carbons (Fsp3) is 0.211. The molecule has 0 spiro atoms. The third-order valence-corrected chi connectivity index (χ3v) is 4.21. The zero-order valence-electron chi connectivity index (χ0n) is 14.6. The topological polar surface area (TPSA) is 56.8 Å². The first-order valence-electron chi connectivity index (χ1n) is 7.68. The summed E-state index contributed by atoms with van der Waals surface area (Å²) in [5.41, 5.74) is 1.37. The van der Waals surface area contributed by atoms with Crippen LogP contribution in [0, 0.1) is 0 Å². The number of methoxy groups -OCH3 is 3. The summed E-state index contributed by atoms with van der Waals surface area (Å²) >= 11 is 12.0. The third kappa shape index (κ3) is 5.07. The van der Waals surface area contributed by atoms with Crippen LogP contribution in [-0.4, -0.2) is 27.2 Å². The number of rotatable bonds is 7. The maximum absolute atomic E-state index is 12.1. The highest BCUT2D eigenvalue weighted by molar-refractivity contribution is 6.34. The van der Waals surface area contributed by atoms with E-state index in [0.29, 0.717) is 38.4 Å². The van der Waals surface area contributed by atoms with Crippen LogP contribution < -0.4 is 19.5 Å². The van der Waals surface area contributed by atoms with Gasteiger partial charge in [-0.1, -0.05) is 23.2 Å². The molecular formula is C19H19Cl2NO4. The number of nitrogens with one attached hydrogen (secondary N) is 1. The van der Waals surface area contributed by atoms with Crippen molar-refractivity contribution < 1.29 is 19.0 Å². The number of ether oxygens (including phenoxy) is 3. The van der Waals surface area contributed by atoms with Crippen molar-refractivity contribution in [3.8, 4) is 17.2 Å². The monoisotopic (exact) mass is 395 g/mol. The van der Waals surface area contributed by atoms with Crippen LogP contribution in [-0.2, 0) is 11.3 Å². The SMILES string of the molecule is COc1cc(OC)c(CNC(=O)C=Cc2cc(Cl)ccc2Cl)c(OC)c1. The number of carbonyl (C=O) groups excluding carboxylic acids is 1. The van der Waals surface area contributed by atoms with Crippen molar-refractivity contribution in [1.29, 1.82) is 0 Å². The fourth-order valence-corrected chi connectivity index (χ4v) is 2.66. The Morgan fingerprint density at radius 3 is 2.27 bits per heavy atom. The molecule has 0 aliphatic heterocycles. The highest BCUT2D eigenvalue weighted by Crippen LogP contribution is 2.33. The number of hydrogen-bond acceptors (Lipinski definition) is 4. The minimum atomic E-state index is -0.291. The molecule has 5 nitrogen and oxygen atoms in total. The standard InChI is InChI=1S/C19H19Cl2NO4/c1-24-14-9-17(25-2)15(18(10-14)26-3)11-22-19(23)7-4-12-8-13(20)5-6-16(12)21/h4-10H,11H2,1-3H3,(H,22,23). The zero-order chi connectivity index (χ0) is 19.1. The van der Waals surface area contributed by atoms with Crippen LogP contribution in [0.5, 0.6) is 17.2 Å². The summed E-state index contributed by atoms with van der Waals surface area (Å²) in [6.07, 6.45) is 2.99. The summed E-state index contributed by atoms with van der Waals surface area (Å²) < 4.78 is 15.9. The summed E-state index contributed by atoms with van der Waals surface area (Å²) in [5, 5.41) is 3.84. The Labute approximate surface area is 162 Å². The van der Waals surface area contributed by atoms with Crippen molar-refractivity contribution in [3.63, 3.8) is 0 Å². The molecule has 1 amide bonds. The van der Waals surface area contributed by atoms with E-state index in [1.807, 2.05) is 0 Å². The number of hydrogen-bond donors (Lipinski definition) is 1. The minimum Gasteiger partial charge on any atom is -0.496 e. The number of amides is 1. The molecule has 0 bridgehead atoms. The Balaban J connectivity index is 2.12. The Morgan fingerprint density at radius 1 is 1.04 bits per heavy atom. The van der Waals surface area contributed by atoms with Crippen molar-refractivity contribution in [2.75, 3.05) is 21.3 Å². The molecular weight excluding hydrogens is 377 g/mol. The van der Waals surface area contributed by atoms with Crippen LogP contribution >= 0.6 is 23.2 Å². The first kappa shape index (κ1) is 19.9. The molecule has 2 aromatic rings. The summed E-state index contributed by atoms with van der Waals surface area (Å²) in [6, 6.07) is 8.50. The van der Waals surface area contributed by atoms with Crippen molar-refractivity contribution in [1.82, 2.24) is 5.32 Å². The fourth-order valence-electron chi connectivity index (χ4n) is 2.29. The van der Waals surface area contributed by atoms with Gasteiger partial charge in [-0.05, 0) is 29.8 Å². The minimum absolute atomic E-state index is 0.225. The van der Waals surface area contributed by atoms with Crippen LogP contribution in [0.15, 0.2) is 36.4 Å². The lowest BCUT2D eigenvalue weighted by Gasteiger charge is -2.15. The van der Waals surface area contributed by atoms with Crippen LogP contribution in [0.2, 0.25) is 10.0 Å². The molecule has 0 saturated carbocycles. The van der Waals surface area contributed by atoms with Crippen molar-refractivity contribution in [2.45, 2.75) is 6.54 Å². The van der Waals surface area contributed by atoms with Crippen molar-refractivity contribution in [2.24, 2.45) is 0 Å². The molecule has 26 heavy (non-hydrogen) atoms. The van der Waals surface area contributed by atoms with Gasteiger partial charge in [-0.3, -0.25) is 4.79 Å². The van der Waals surface area contributed by atoms with Gasteiger partial charge in [-0.15, -0.1) is 0 Å². The third-order valence-electron chi connectivity index (χ3n) is 3.63. The van der Waals surface area contributed by atoms with Gasteiger partial charge in [0.1, 0.15) is 17.2 Å². The Morgan fingerprint density at radius 2 is 1.69 bits per heavy atom. The maximum atomic E-state index is 12.1. The van der Waals surface area contributed by atoms with Crippen LogP contribution in [0.4, 0.5) is 0 Å². The van der Waals surface area contributed by atoms with Gasteiger partial charge in [0, 0.05) is 28.3 Å². The normalized spacial score (nSPS) is 10.7. The molecule has 7 heteroatoms. The van der Waals surface area contributed by atoms with Gasteiger partial charge < -0.3 is 19.5 Å². The summed E-state index contributed by atoms with van der Waals surface area (Å²) in [4.78, 5) is 12.1. The Kier molecular flexibility index (Phi) is 7.18. The smallest absolute Gasteiger partial charge is 0.244 e. The predicted octanol–water partition coefficient (Wildman–Crippen LogP) is 4.35. The summed E-state index contributed by atoms with van der Waals surface area (Å²) in [7, 11) is 4.64. The van der Waals surface area contributed by atoms with E-state index in [9.17, 15) is 4.79 Å². The van der Waals surface area contributed by atoms with E-state index in [1.165, 1.54) is 6.08 Å². The van der Waals surface area contributed by atoms with E-state index >= 15 is 0 Å². The lowest BCUT2D eigenvalue weighted by molar-refractivity contribution is -0.116. The van der Waals surface area contributed by atoms with Crippen LogP contribution in [0.3, 0.4) is 0 Å². The second-order valence-corrected chi connectivity index (χ2v) is 6.07. The van der Waals surface area contributed by atoms with Gasteiger partial charge in [-0.2, -0.15) is 0 Å². The first-order valence-corrected chi connectivity index (χ1v) is 8.44. The maximum Gasteiger partial charge on any atom is 0.244 e. The Hall–Kier alpha value is -2.37. The van der Waals surface area contributed by atoms with Crippen molar-refractivity contribution in [3.05, 3.63) is 57.6 Å². The molecule has 0 aromatic heterocycles. The highest BCUT2D eigenvalue weighted by Gasteiger charge is 2.13. The predicted molar refractivity (Wildman–Crippen MR) is 103 cm³/mol. The molecule has 2 rings (SSSR count). The van der Waals surface area contributed by atoms with Crippen LogP contribution in [0.1, 0.15) is 11.1 Å². The Bertz CT molecular complexity index is 796. The van der Waals surface area contributed by atoms with E-state index in [1.54, 1.807) is 57.7 Å². The second-order valence-electron chi connectivity index (χ2n) is 5.23. The van der Waals surface area contributed by atoms with Crippen molar-refractivity contribution >= 4 is 35.2 Å². The largest absolute Gasteiger partial charge is 0.496 e. The summed E-state index contributed by atoms with van der Waals surface area (Å²) in [6.45, 7) is 0.225. The van der Waals surface area contributed by atoms with Gasteiger partial charge in [0.25, 0.3) is 0 Å². The molecule has 0 fully saturated rings. The molecule has 1 N–H and O–H groups in total. The van der Waals surface area contributed by atoms with Gasteiger partial charge in [0.05, 0.1) is 33.4 Å². The number of carbonyl (C=O) groups is 1. The second kappa shape index (κ2) is 9.36. The lowest BCUT2D eigenvalue weighted by atomic mass is 10.1. The molecule has 0 aliphatic rings. The van der Waals surface area contributed by atoms with Crippen LogP contribution in [0.25, 0.3) is 6.08 Å². The average Bonchev–Trinajstić information content (AvgIpc) is 2.66. The number of halogens is 2. The van der Waals surface area contributed by atoms with E-state index in [2.05, 4.69) is 5.32 Å². The molecule has 2 aromatic carbocycles. The van der Waals surface area contributed by atoms with E-state index < -0.39 is 0 Å². The van der Waals surface area contributed by atoms with E-state index in [4.69, 9.17) is 37.4 Å². The zero-order valence-corrected chi connectivity index (χ0v) is 16.1. The summed E-state index contributed by atoms with van der Waals surface area (Å²) in [5.74, 6) is 1.43. The molecule has 0 radical (unpaired) electrons. The quantitative estimate of drug-likeness (QED) is 0.708. The van der Waals surface area contributed by atoms with E-state index in [-0.39, 0.29) is 12.5 Å². The molecule has 0 unspecified atom stereocenters. The van der Waals surface area contributed by atoms with Gasteiger partial charge in [-0.25, -0.2) is 0 Å². The van der Waals surface area contributed by atoms with Gasteiger partial charge in [0.2, 0.25) is 5.91 Å². The van der Waals surface area contributed by atoms with Gasteiger partial charge in [0.15, 0.2) is 0 Å². The molecule has 0 atom stereocenters. The lowest BCUT2D eigenvalue weighted by Crippen LogP contribution is -2.21. The van der Waals surface area contributed by atoms with Gasteiger partial charge >= 0.3 is 0 Å². The highest BCUT2D eigenvalue weighted by atomic mass is 35.5.